The molecule has 0 heterocycles. The molecule has 0 unspecified atom stereocenters. The summed E-state index contributed by atoms with van der Waals surface area (Å²) in [5.41, 5.74) is -0.545. The standard InChI is InChI=1S/C19H34N2O5/c1-12(2)21-17(24)8-6-7-16(23)20-11-14-9-13(10-15(14)22)18(25)26-19(3,4)5/h12-15,22H,6-11H2,1-5H3,(H,20,23)(H,21,24)/t13-,14+,15+/m1/s1. The van der Waals surface area contributed by atoms with Crippen LogP contribution in [0.3, 0.4) is 0 Å². The molecule has 1 aliphatic rings. The van der Waals surface area contributed by atoms with Gasteiger partial charge in [0.1, 0.15) is 5.60 Å². The Labute approximate surface area is 156 Å². The molecule has 0 aromatic rings. The zero-order valence-corrected chi connectivity index (χ0v) is 16.6. The highest BCUT2D eigenvalue weighted by Crippen LogP contribution is 2.32. The van der Waals surface area contributed by atoms with Crippen LogP contribution in [-0.2, 0) is 19.1 Å². The van der Waals surface area contributed by atoms with Gasteiger partial charge in [0.15, 0.2) is 0 Å². The van der Waals surface area contributed by atoms with E-state index in [1.54, 1.807) is 0 Å². The van der Waals surface area contributed by atoms with E-state index in [1.165, 1.54) is 0 Å². The van der Waals surface area contributed by atoms with E-state index in [4.69, 9.17) is 4.74 Å². The largest absolute Gasteiger partial charge is 0.460 e. The van der Waals surface area contributed by atoms with Crippen molar-refractivity contribution in [1.82, 2.24) is 10.6 Å². The topological polar surface area (TPSA) is 105 Å². The second kappa shape index (κ2) is 9.90. The van der Waals surface area contributed by atoms with Gasteiger partial charge in [-0.3, -0.25) is 14.4 Å². The van der Waals surface area contributed by atoms with Gasteiger partial charge in [0.05, 0.1) is 12.0 Å². The quantitative estimate of drug-likeness (QED) is 0.562. The normalized spacial score (nSPS) is 23.0. The lowest BCUT2D eigenvalue weighted by molar-refractivity contribution is -0.160. The Bertz CT molecular complexity index is 499. The number of nitrogens with one attached hydrogen (secondary N) is 2. The third-order valence-electron chi connectivity index (χ3n) is 4.22. The third kappa shape index (κ3) is 8.65. The molecule has 0 aliphatic heterocycles. The van der Waals surface area contributed by atoms with Crippen LogP contribution >= 0.6 is 0 Å². The Morgan fingerprint density at radius 1 is 1.12 bits per heavy atom. The van der Waals surface area contributed by atoms with Gasteiger partial charge in [-0.1, -0.05) is 0 Å². The van der Waals surface area contributed by atoms with Crippen LogP contribution in [0.2, 0.25) is 0 Å². The molecule has 7 nitrogen and oxygen atoms in total. The molecule has 0 spiro atoms. The average Bonchev–Trinajstić information content (AvgIpc) is 2.84. The summed E-state index contributed by atoms with van der Waals surface area (Å²) in [7, 11) is 0. The first-order valence-corrected chi connectivity index (χ1v) is 9.45. The average molecular weight is 370 g/mol. The van der Waals surface area contributed by atoms with Crippen molar-refractivity contribution in [1.29, 1.82) is 0 Å². The summed E-state index contributed by atoms with van der Waals surface area (Å²) in [5, 5.41) is 15.7. The fourth-order valence-electron chi connectivity index (χ4n) is 3.04. The maximum Gasteiger partial charge on any atom is 0.309 e. The summed E-state index contributed by atoms with van der Waals surface area (Å²) < 4.78 is 5.37. The van der Waals surface area contributed by atoms with Crippen LogP contribution < -0.4 is 10.6 Å². The molecule has 3 atom stereocenters. The van der Waals surface area contributed by atoms with Crippen LogP contribution in [0, 0.1) is 11.8 Å². The SMILES string of the molecule is CC(C)NC(=O)CCCC(=O)NC[C@@H]1C[C@@H](C(=O)OC(C)(C)C)C[C@@H]1O. The van der Waals surface area contributed by atoms with Gasteiger partial charge in [-0.25, -0.2) is 0 Å². The Kier molecular flexibility index (Phi) is 8.53. The Balaban J connectivity index is 2.29. The Morgan fingerprint density at radius 3 is 2.31 bits per heavy atom. The van der Waals surface area contributed by atoms with Crippen molar-refractivity contribution in [3.8, 4) is 0 Å². The first-order valence-electron chi connectivity index (χ1n) is 9.45. The lowest BCUT2D eigenvalue weighted by Crippen LogP contribution is -2.33. The predicted octanol–water partition coefficient (Wildman–Crippen LogP) is 1.53. The Morgan fingerprint density at radius 2 is 1.73 bits per heavy atom. The van der Waals surface area contributed by atoms with Gasteiger partial charge in [-0.15, -0.1) is 0 Å². The monoisotopic (exact) mass is 370 g/mol. The number of aliphatic hydroxyl groups is 1. The predicted molar refractivity (Wildman–Crippen MR) is 98.2 cm³/mol. The molecule has 26 heavy (non-hydrogen) atoms. The number of ether oxygens (including phenoxy) is 1. The maximum absolute atomic E-state index is 12.1. The van der Waals surface area contributed by atoms with Gasteiger partial charge in [-0.2, -0.15) is 0 Å². The minimum atomic E-state index is -0.621. The van der Waals surface area contributed by atoms with Crippen LogP contribution in [0.1, 0.15) is 66.7 Å². The third-order valence-corrected chi connectivity index (χ3v) is 4.22. The second-order valence-corrected chi connectivity index (χ2v) is 8.41. The van der Waals surface area contributed by atoms with E-state index >= 15 is 0 Å². The van der Waals surface area contributed by atoms with Crippen LogP contribution in [0.5, 0.6) is 0 Å². The van der Waals surface area contributed by atoms with Crippen molar-refractivity contribution in [2.24, 2.45) is 11.8 Å². The number of esters is 1. The first kappa shape index (κ1) is 22.4. The van der Waals surface area contributed by atoms with Crippen molar-refractivity contribution in [2.45, 2.75) is 84.5 Å². The van der Waals surface area contributed by atoms with E-state index in [9.17, 15) is 19.5 Å². The molecule has 0 aromatic heterocycles. The summed E-state index contributed by atoms with van der Waals surface area (Å²) in [4.78, 5) is 35.5. The highest BCUT2D eigenvalue weighted by molar-refractivity contribution is 5.79. The molecule has 2 amide bonds. The van der Waals surface area contributed by atoms with Crippen LogP contribution in [0.25, 0.3) is 0 Å². The molecule has 0 radical (unpaired) electrons. The van der Waals surface area contributed by atoms with E-state index in [-0.39, 0.29) is 42.1 Å². The zero-order valence-electron chi connectivity index (χ0n) is 16.6. The summed E-state index contributed by atoms with van der Waals surface area (Å²) in [6.45, 7) is 9.56. The number of carbonyl (C=O) groups is 3. The molecular formula is C19H34N2O5. The Hall–Kier alpha value is -1.63. The lowest BCUT2D eigenvalue weighted by Gasteiger charge is -2.22. The summed E-state index contributed by atoms with van der Waals surface area (Å²) in [6, 6.07) is 0.0955. The fourth-order valence-corrected chi connectivity index (χ4v) is 3.04. The smallest absolute Gasteiger partial charge is 0.309 e. The van der Waals surface area contributed by atoms with Crippen molar-refractivity contribution in [3.05, 3.63) is 0 Å². The van der Waals surface area contributed by atoms with Crippen LogP contribution in [0.4, 0.5) is 0 Å². The number of hydrogen-bond donors (Lipinski definition) is 3. The number of amides is 2. The van der Waals surface area contributed by atoms with Crippen LogP contribution in [-0.4, -0.2) is 47.2 Å². The van der Waals surface area contributed by atoms with Gasteiger partial charge >= 0.3 is 5.97 Å². The molecule has 3 N–H and O–H groups in total. The van der Waals surface area contributed by atoms with E-state index in [2.05, 4.69) is 10.6 Å². The minimum Gasteiger partial charge on any atom is -0.460 e. The minimum absolute atomic E-state index is 0.0563. The van der Waals surface area contributed by atoms with Gasteiger partial charge in [-0.05, 0) is 53.9 Å². The molecule has 0 saturated heterocycles. The molecule has 7 heteroatoms. The van der Waals surface area contributed by atoms with E-state index < -0.39 is 11.7 Å². The van der Waals surface area contributed by atoms with E-state index in [0.29, 0.717) is 32.2 Å². The highest BCUT2D eigenvalue weighted by Gasteiger charge is 2.38. The number of hydrogen-bond acceptors (Lipinski definition) is 5. The lowest BCUT2D eigenvalue weighted by atomic mass is 10.0. The molecule has 1 aliphatic carbocycles. The van der Waals surface area contributed by atoms with Crippen molar-refractivity contribution in [3.63, 3.8) is 0 Å². The molecule has 0 aromatic carbocycles. The first-order chi connectivity index (χ1) is 12.0. The molecule has 1 saturated carbocycles. The second-order valence-electron chi connectivity index (χ2n) is 8.41. The zero-order chi connectivity index (χ0) is 19.9. The molecular weight excluding hydrogens is 336 g/mol. The van der Waals surface area contributed by atoms with Crippen molar-refractivity contribution < 1.29 is 24.2 Å². The van der Waals surface area contributed by atoms with Crippen molar-refractivity contribution >= 4 is 17.8 Å². The van der Waals surface area contributed by atoms with Gasteiger partial charge in [0, 0.05) is 31.3 Å². The van der Waals surface area contributed by atoms with E-state index in [1.807, 2.05) is 34.6 Å². The molecule has 1 fully saturated rings. The van der Waals surface area contributed by atoms with E-state index in [0.717, 1.165) is 0 Å². The summed E-state index contributed by atoms with van der Waals surface area (Å²) in [6.07, 6.45) is 1.32. The number of aliphatic hydroxyl groups excluding tert-OH is 1. The molecule has 1 rings (SSSR count). The fraction of sp³-hybridized carbons (Fsp3) is 0.842. The van der Waals surface area contributed by atoms with Gasteiger partial charge in [0.2, 0.25) is 11.8 Å². The highest BCUT2D eigenvalue weighted by atomic mass is 16.6. The summed E-state index contributed by atoms with van der Waals surface area (Å²) in [5.74, 6) is -0.970. The maximum atomic E-state index is 12.1. The van der Waals surface area contributed by atoms with Crippen LogP contribution in [0.15, 0.2) is 0 Å². The summed E-state index contributed by atoms with van der Waals surface area (Å²) >= 11 is 0. The molecule has 0 bridgehead atoms. The van der Waals surface area contributed by atoms with Gasteiger partial charge < -0.3 is 20.5 Å². The number of rotatable bonds is 8. The number of carbonyl (C=O) groups excluding carboxylic acids is 3. The molecule has 150 valence electrons. The van der Waals surface area contributed by atoms with Gasteiger partial charge in [0.25, 0.3) is 0 Å². The van der Waals surface area contributed by atoms with Crippen molar-refractivity contribution in [2.75, 3.05) is 6.54 Å².